The average molecular weight is 234 g/mol. The molecule has 0 bridgehead atoms. The fourth-order valence-corrected chi connectivity index (χ4v) is 1.54. The second kappa shape index (κ2) is 5.63. The van der Waals surface area contributed by atoms with Gasteiger partial charge in [-0.15, -0.1) is 0 Å². The van der Waals surface area contributed by atoms with Crippen molar-refractivity contribution in [2.24, 2.45) is 5.73 Å². The Hall–Kier alpha value is -1.62. The minimum absolute atomic E-state index is 0.436. The van der Waals surface area contributed by atoms with Crippen LogP contribution in [0.2, 0.25) is 0 Å². The maximum atomic E-state index is 10.8. The zero-order chi connectivity index (χ0) is 12.1. The molecule has 0 aromatic carbocycles. The number of amides is 1. The van der Waals surface area contributed by atoms with E-state index in [9.17, 15) is 4.79 Å². The summed E-state index contributed by atoms with van der Waals surface area (Å²) < 4.78 is 0. The van der Waals surface area contributed by atoms with Crippen molar-refractivity contribution in [1.29, 1.82) is 0 Å². The van der Waals surface area contributed by atoms with Crippen LogP contribution in [-0.4, -0.2) is 30.0 Å². The molecule has 4 N–H and O–H groups in total. The largest absolute Gasteiger partial charge is 0.370 e. The smallest absolute Gasteiger partial charge is 0.250 e. The number of pyridine rings is 1. The fourth-order valence-electron chi connectivity index (χ4n) is 1.54. The number of hydrogen-bond acceptors (Lipinski definition) is 4. The van der Waals surface area contributed by atoms with E-state index in [0.29, 0.717) is 5.56 Å². The summed E-state index contributed by atoms with van der Waals surface area (Å²) in [7, 11) is 0. The van der Waals surface area contributed by atoms with Crippen molar-refractivity contribution in [3.63, 3.8) is 0 Å². The van der Waals surface area contributed by atoms with Gasteiger partial charge in [-0.3, -0.25) is 4.79 Å². The molecule has 0 saturated heterocycles. The van der Waals surface area contributed by atoms with Crippen LogP contribution in [0.25, 0.3) is 0 Å². The highest BCUT2D eigenvalue weighted by Gasteiger charge is 2.19. The highest BCUT2D eigenvalue weighted by atomic mass is 16.1. The van der Waals surface area contributed by atoms with Gasteiger partial charge in [-0.1, -0.05) is 0 Å². The van der Waals surface area contributed by atoms with E-state index in [1.165, 1.54) is 19.0 Å². The summed E-state index contributed by atoms with van der Waals surface area (Å²) in [6.07, 6.45) is 5.20. The minimum Gasteiger partial charge on any atom is -0.370 e. The Morgan fingerprint density at radius 1 is 1.41 bits per heavy atom. The van der Waals surface area contributed by atoms with Crippen LogP contribution in [0.15, 0.2) is 18.3 Å². The standard InChI is InChI=1S/C12H18N4O/c13-12(17)9-2-5-11(16-8-9)15-7-1-6-14-10-3-4-10/h2,5,8,10,14H,1,3-4,6-7H2,(H2,13,17)(H,15,16). The van der Waals surface area contributed by atoms with Gasteiger partial charge in [0.2, 0.25) is 5.91 Å². The quantitative estimate of drug-likeness (QED) is 0.608. The second-order valence-corrected chi connectivity index (χ2v) is 4.31. The molecule has 2 rings (SSSR count). The van der Waals surface area contributed by atoms with E-state index in [0.717, 1.165) is 31.4 Å². The summed E-state index contributed by atoms with van der Waals surface area (Å²) in [6, 6.07) is 4.22. The van der Waals surface area contributed by atoms with Gasteiger partial charge in [-0.25, -0.2) is 4.98 Å². The Balaban J connectivity index is 1.65. The number of rotatable bonds is 7. The number of carbonyl (C=O) groups excluding carboxylic acids is 1. The van der Waals surface area contributed by atoms with E-state index in [-0.39, 0.29) is 0 Å². The van der Waals surface area contributed by atoms with E-state index in [1.54, 1.807) is 12.1 Å². The van der Waals surface area contributed by atoms with Crippen molar-refractivity contribution in [2.45, 2.75) is 25.3 Å². The van der Waals surface area contributed by atoms with Crippen LogP contribution in [0.3, 0.4) is 0 Å². The third-order valence-electron chi connectivity index (χ3n) is 2.72. The molecule has 0 spiro atoms. The van der Waals surface area contributed by atoms with Crippen LogP contribution in [0.1, 0.15) is 29.6 Å². The lowest BCUT2D eigenvalue weighted by Gasteiger charge is -2.06. The predicted octanol–water partition coefficient (Wildman–Crippen LogP) is 0.734. The lowest BCUT2D eigenvalue weighted by Crippen LogP contribution is -2.20. The average Bonchev–Trinajstić information content (AvgIpc) is 3.13. The molecule has 5 heteroatoms. The molecule has 1 aromatic heterocycles. The van der Waals surface area contributed by atoms with Gasteiger partial charge in [0, 0.05) is 18.8 Å². The van der Waals surface area contributed by atoms with Crippen molar-refractivity contribution in [2.75, 3.05) is 18.4 Å². The molecule has 1 aromatic rings. The number of nitrogens with two attached hydrogens (primary N) is 1. The van der Waals surface area contributed by atoms with Gasteiger partial charge >= 0.3 is 0 Å². The number of aromatic nitrogens is 1. The molecule has 0 aliphatic heterocycles. The topological polar surface area (TPSA) is 80.0 Å². The number of nitrogens with one attached hydrogen (secondary N) is 2. The molecule has 92 valence electrons. The monoisotopic (exact) mass is 234 g/mol. The van der Waals surface area contributed by atoms with Crippen molar-refractivity contribution in [3.05, 3.63) is 23.9 Å². The molecule has 1 amide bonds. The fraction of sp³-hybridized carbons (Fsp3) is 0.500. The molecule has 1 aliphatic rings. The van der Waals surface area contributed by atoms with Crippen molar-refractivity contribution >= 4 is 11.7 Å². The van der Waals surface area contributed by atoms with Crippen LogP contribution in [0, 0.1) is 0 Å². The van der Waals surface area contributed by atoms with Crippen LogP contribution >= 0.6 is 0 Å². The van der Waals surface area contributed by atoms with Crippen molar-refractivity contribution in [3.8, 4) is 0 Å². The maximum Gasteiger partial charge on any atom is 0.250 e. The number of anilines is 1. The first-order chi connectivity index (χ1) is 8.25. The minimum atomic E-state index is -0.447. The molecule has 1 saturated carbocycles. The Kier molecular flexibility index (Phi) is 3.93. The molecule has 1 fully saturated rings. The molecule has 5 nitrogen and oxygen atoms in total. The molecule has 0 atom stereocenters. The van der Waals surface area contributed by atoms with Gasteiger partial charge in [-0.05, 0) is 37.9 Å². The second-order valence-electron chi connectivity index (χ2n) is 4.31. The summed E-state index contributed by atoms with van der Waals surface area (Å²) in [5, 5.41) is 6.65. The lowest BCUT2D eigenvalue weighted by molar-refractivity contribution is 0.1000. The van der Waals surface area contributed by atoms with Crippen molar-refractivity contribution < 1.29 is 4.79 Å². The third-order valence-corrected chi connectivity index (χ3v) is 2.72. The number of hydrogen-bond donors (Lipinski definition) is 3. The molecule has 1 heterocycles. The Labute approximate surface area is 101 Å². The molecule has 0 radical (unpaired) electrons. The SMILES string of the molecule is NC(=O)c1ccc(NCCCNC2CC2)nc1. The molecule has 1 aliphatic carbocycles. The summed E-state index contributed by atoms with van der Waals surface area (Å²) >= 11 is 0. The van der Waals surface area contributed by atoms with Gasteiger partial charge < -0.3 is 16.4 Å². The summed E-state index contributed by atoms with van der Waals surface area (Å²) in [5.74, 6) is 0.333. The maximum absolute atomic E-state index is 10.8. The van der Waals surface area contributed by atoms with Crippen LogP contribution in [0.4, 0.5) is 5.82 Å². The van der Waals surface area contributed by atoms with Gasteiger partial charge in [0.25, 0.3) is 0 Å². The molecule has 17 heavy (non-hydrogen) atoms. The summed E-state index contributed by atoms with van der Waals surface area (Å²) in [5.41, 5.74) is 5.57. The van der Waals surface area contributed by atoms with Gasteiger partial charge in [0.15, 0.2) is 0 Å². The molecule has 0 unspecified atom stereocenters. The highest BCUT2D eigenvalue weighted by molar-refractivity contribution is 5.92. The summed E-state index contributed by atoms with van der Waals surface area (Å²) in [6.45, 7) is 1.92. The van der Waals surface area contributed by atoms with Crippen molar-refractivity contribution in [1.82, 2.24) is 10.3 Å². The van der Waals surface area contributed by atoms with Gasteiger partial charge in [0.05, 0.1) is 5.56 Å². The summed E-state index contributed by atoms with van der Waals surface area (Å²) in [4.78, 5) is 14.9. The van der Waals surface area contributed by atoms with E-state index in [1.807, 2.05) is 0 Å². The number of nitrogens with zero attached hydrogens (tertiary/aromatic N) is 1. The van der Waals surface area contributed by atoms with E-state index >= 15 is 0 Å². The van der Waals surface area contributed by atoms with Gasteiger partial charge in [0.1, 0.15) is 5.82 Å². The Morgan fingerprint density at radius 2 is 2.24 bits per heavy atom. The van der Waals surface area contributed by atoms with Gasteiger partial charge in [-0.2, -0.15) is 0 Å². The van der Waals surface area contributed by atoms with E-state index < -0.39 is 5.91 Å². The highest BCUT2D eigenvalue weighted by Crippen LogP contribution is 2.18. The van der Waals surface area contributed by atoms with E-state index in [2.05, 4.69) is 15.6 Å². The third kappa shape index (κ3) is 4.03. The molecular formula is C12H18N4O. The lowest BCUT2D eigenvalue weighted by atomic mass is 10.3. The first-order valence-corrected chi connectivity index (χ1v) is 5.99. The first-order valence-electron chi connectivity index (χ1n) is 5.99. The van der Waals surface area contributed by atoms with E-state index in [4.69, 9.17) is 5.73 Å². The number of primary amides is 1. The normalized spacial score (nSPS) is 14.6. The van der Waals surface area contributed by atoms with Crippen LogP contribution < -0.4 is 16.4 Å². The zero-order valence-corrected chi connectivity index (χ0v) is 9.78. The predicted molar refractivity (Wildman–Crippen MR) is 66.9 cm³/mol. The zero-order valence-electron chi connectivity index (χ0n) is 9.78. The van der Waals surface area contributed by atoms with Crippen LogP contribution in [-0.2, 0) is 0 Å². The number of carbonyl (C=O) groups is 1. The Bertz CT molecular complexity index is 373. The first kappa shape index (κ1) is 11.9. The van der Waals surface area contributed by atoms with Crippen LogP contribution in [0.5, 0.6) is 0 Å². The Morgan fingerprint density at radius 3 is 2.82 bits per heavy atom. The molecular weight excluding hydrogens is 216 g/mol.